The van der Waals surface area contributed by atoms with Crippen molar-refractivity contribution < 1.29 is 9.53 Å². The van der Waals surface area contributed by atoms with Crippen LogP contribution in [0, 0.1) is 16.7 Å². The lowest BCUT2D eigenvalue weighted by atomic mass is 10.1. The van der Waals surface area contributed by atoms with Crippen molar-refractivity contribution in [3.8, 4) is 6.07 Å². The quantitative estimate of drug-likeness (QED) is 0.809. The van der Waals surface area contributed by atoms with Crippen LogP contribution in [0.5, 0.6) is 0 Å². The van der Waals surface area contributed by atoms with Crippen LogP contribution in [-0.2, 0) is 4.74 Å². The predicted octanol–water partition coefficient (Wildman–Crippen LogP) is 2.59. The van der Waals surface area contributed by atoms with E-state index < -0.39 is 5.97 Å². The summed E-state index contributed by atoms with van der Waals surface area (Å²) in [5, 5.41) is 12.9. The molecule has 0 amide bonds. The van der Waals surface area contributed by atoms with Crippen LogP contribution >= 0.6 is 11.3 Å². The van der Waals surface area contributed by atoms with Gasteiger partial charge in [0, 0.05) is 6.54 Å². The summed E-state index contributed by atoms with van der Waals surface area (Å²) in [6.45, 7) is 4.99. The number of rotatable bonds is 5. The molecule has 0 radical (unpaired) electrons. The number of nitrogens with zero attached hydrogens (tertiary/aromatic N) is 1. The zero-order chi connectivity index (χ0) is 14.0. The van der Waals surface area contributed by atoms with Crippen molar-refractivity contribution in [1.29, 1.82) is 5.26 Å². The number of ether oxygens (including phenoxy) is 1. The number of carbonyl (C=O) groups is 1. The van der Waals surface area contributed by atoms with Crippen LogP contribution in [0.1, 0.15) is 41.9 Å². The first-order valence-electron chi connectivity index (χ1n) is 6.24. The Morgan fingerprint density at radius 3 is 2.84 bits per heavy atom. The minimum absolute atomic E-state index is 0.217. The van der Waals surface area contributed by atoms with Crippen molar-refractivity contribution in [2.75, 3.05) is 24.2 Å². The molecule has 1 heterocycles. The Balaban J connectivity index is 2.25. The van der Waals surface area contributed by atoms with Crippen LogP contribution in [-0.4, -0.2) is 19.1 Å². The lowest BCUT2D eigenvalue weighted by Crippen LogP contribution is -2.14. The molecule has 1 fully saturated rings. The molecule has 1 aliphatic rings. The fourth-order valence-electron chi connectivity index (χ4n) is 1.74. The third-order valence-corrected chi connectivity index (χ3v) is 4.37. The molecule has 2 rings (SSSR count). The molecule has 5 nitrogen and oxygen atoms in total. The highest BCUT2D eigenvalue weighted by atomic mass is 32.1. The first-order valence-corrected chi connectivity index (χ1v) is 7.06. The van der Waals surface area contributed by atoms with Crippen LogP contribution in [0.15, 0.2) is 0 Å². The molecule has 0 aliphatic heterocycles. The first kappa shape index (κ1) is 13.7. The van der Waals surface area contributed by atoms with E-state index in [1.807, 2.05) is 6.07 Å². The van der Waals surface area contributed by atoms with Gasteiger partial charge in [-0.2, -0.15) is 5.26 Å². The van der Waals surface area contributed by atoms with Crippen LogP contribution < -0.4 is 11.1 Å². The minimum Gasteiger partial charge on any atom is -0.462 e. The van der Waals surface area contributed by atoms with Gasteiger partial charge in [0.25, 0.3) is 0 Å². The number of hydrogen-bond acceptors (Lipinski definition) is 6. The molecule has 0 saturated heterocycles. The van der Waals surface area contributed by atoms with Gasteiger partial charge in [0.1, 0.15) is 21.5 Å². The number of nitrogens with one attached hydrogen (secondary N) is 1. The Morgan fingerprint density at radius 1 is 1.63 bits per heavy atom. The summed E-state index contributed by atoms with van der Waals surface area (Å²) in [7, 11) is 0. The van der Waals surface area contributed by atoms with Gasteiger partial charge in [-0.1, -0.05) is 6.92 Å². The van der Waals surface area contributed by atoms with E-state index in [9.17, 15) is 4.79 Å². The van der Waals surface area contributed by atoms with Gasteiger partial charge in [-0.15, -0.1) is 11.3 Å². The van der Waals surface area contributed by atoms with Crippen molar-refractivity contribution in [3.05, 3.63) is 10.4 Å². The fraction of sp³-hybridized carbons (Fsp3) is 0.538. The van der Waals surface area contributed by atoms with Crippen LogP contribution in [0.25, 0.3) is 0 Å². The maximum Gasteiger partial charge on any atom is 0.343 e. The molecule has 0 spiro atoms. The normalized spacial score (nSPS) is 15.6. The fourth-order valence-corrected chi connectivity index (χ4v) is 2.64. The van der Waals surface area contributed by atoms with Crippen molar-refractivity contribution in [2.45, 2.75) is 26.7 Å². The zero-order valence-corrected chi connectivity index (χ0v) is 11.9. The Kier molecular flexibility index (Phi) is 3.67. The van der Waals surface area contributed by atoms with E-state index in [2.05, 4.69) is 12.2 Å². The van der Waals surface area contributed by atoms with Crippen molar-refractivity contribution in [3.63, 3.8) is 0 Å². The lowest BCUT2D eigenvalue weighted by Gasteiger charge is -2.11. The van der Waals surface area contributed by atoms with E-state index in [4.69, 9.17) is 15.7 Å². The topological polar surface area (TPSA) is 88.1 Å². The molecule has 19 heavy (non-hydrogen) atoms. The molecular formula is C13H17N3O2S. The number of thiophene rings is 1. The summed E-state index contributed by atoms with van der Waals surface area (Å²) in [5.74, 6) is -0.471. The number of nitriles is 1. The Bertz CT molecular complexity index is 541. The second-order valence-corrected chi connectivity index (χ2v) is 6.07. The number of hydrogen-bond donors (Lipinski definition) is 2. The molecule has 1 aromatic rings. The van der Waals surface area contributed by atoms with Gasteiger partial charge in [-0.3, -0.25) is 0 Å². The summed E-state index contributed by atoms with van der Waals surface area (Å²) in [6, 6.07) is 2.01. The van der Waals surface area contributed by atoms with Crippen molar-refractivity contribution in [1.82, 2.24) is 0 Å². The van der Waals surface area contributed by atoms with Gasteiger partial charge < -0.3 is 15.8 Å². The predicted molar refractivity (Wildman–Crippen MR) is 75.2 cm³/mol. The Hall–Kier alpha value is -1.74. The molecule has 0 atom stereocenters. The molecule has 3 N–H and O–H groups in total. The Morgan fingerprint density at radius 2 is 2.32 bits per heavy atom. The highest BCUT2D eigenvalue weighted by molar-refractivity contribution is 7.17. The number of nitrogen functional groups attached to an aromatic ring is 1. The standard InChI is InChI=1S/C13H17N3O2S/c1-3-18-12(17)9-10(15)8(6-14)19-11(9)16-7-13(2)4-5-13/h16H,3-5,7,15H2,1-2H3. The van der Waals surface area contributed by atoms with Crippen molar-refractivity contribution >= 4 is 28.0 Å². The van der Waals surface area contributed by atoms with Crippen molar-refractivity contribution in [2.24, 2.45) is 5.41 Å². The van der Waals surface area contributed by atoms with Gasteiger partial charge >= 0.3 is 5.97 Å². The monoisotopic (exact) mass is 279 g/mol. The SMILES string of the molecule is CCOC(=O)c1c(NCC2(C)CC2)sc(C#N)c1N. The third-order valence-electron chi connectivity index (χ3n) is 3.31. The lowest BCUT2D eigenvalue weighted by molar-refractivity contribution is 0.0529. The van der Waals surface area contributed by atoms with Gasteiger partial charge in [-0.05, 0) is 25.2 Å². The Labute approximate surface area is 116 Å². The van der Waals surface area contributed by atoms with Gasteiger partial charge in [0.2, 0.25) is 0 Å². The molecule has 0 unspecified atom stereocenters. The molecule has 6 heteroatoms. The van der Waals surface area contributed by atoms with E-state index in [1.165, 1.54) is 24.2 Å². The van der Waals surface area contributed by atoms with Gasteiger partial charge in [-0.25, -0.2) is 4.79 Å². The van der Waals surface area contributed by atoms with E-state index >= 15 is 0 Å². The largest absolute Gasteiger partial charge is 0.462 e. The third kappa shape index (κ3) is 2.82. The van der Waals surface area contributed by atoms with Crippen LogP contribution in [0.2, 0.25) is 0 Å². The summed E-state index contributed by atoms with van der Waals surface area (Å²) in [4.78, 5) is 12.3. The molecule has 1 aromatic heterocycles. The molecule has 1 aliphatic carbocycles. The van der Waals surface area contributed by atoms with Crippen LogP contribution in [0.4, 0.5) is 10.7 Å². The van der Waals surface area contributed by atoms with E-state index in [0.29, 0.717) is 20.9 Å². The maximum absolute atomic E-state index is 11.9. The number of carbonyl (C=O) groups excluding carboxylic acids is 1. The second-order valence-electron chi connectivity index (χ2n) is 5.05. The zero-order valence-electron chi connectivity index (χ0n) is 11.1. The summed E-state index contributed by atoms with van der Waals surface area (Å²) >= 11 is 1.21. The van der Waals surface area contributed by atoms with Gasteiger partial charge in [0.15, 0.2) is 0 Å². The van der Waals surface area contributed by atoms with Gasteiger partial charge in [0.05, 0.1) is 12.3 Å². The van der Waals surface area contributed by atoms with E-state index in [1.54, 1.807) is 6.92 Å². The number of nitrogens with two attached hydrogens (primary N) is 1. The summed E-state index contributed by atoms with van der Waals surface area (Å²) in [6.07, 6.45) is 2.36. The number of anilines is 2. The molecule has 102 valence electrons. The number of esters is 1. The smallest absolute Gasteiger partial charge is 0.343 e. The van der Waals surface area contributed by atoms with E-state index in [-0.39, 0.29) is 12.3 Å². The molecule has 1 saturated carbocycles. The molecular weight excluding hydrogens is 262 g/mol. The second kappa shape index (κ2) is 5.10. The molecule has 0 bridgehead atoms. The molecule has 0 aromatic carbocycles. The summed E-state index contributed by atoms with van der Waals surface area (Å²) < 4.78 is 4.99. The average Bonchev–Trinajstić information content (AvgIpc) is 3.01. The highest BCUT2D eigenvalue weighted by Gasteiger charge is 2.37. The first-order chi connectivity index (χ1) is 9.00. The highest BCUT2D eigenvalue weighted by Crippen LogP contribution is 2.46. The van der Waals surface area contributed by atoms with E-state index in [0.717, 1.165) is 6.54 Å². The van der Waals surface area contributed by atoms with Crippen LogP contribution in [0.3, 0.4) is 0 Å². The maximum atomic E-state index is 11.9. The minimum atomic E-state index is -0.471. The summed E-state index contributed by atoms with van der Waals surface area (Å²) in [5.41, 5.74) is 6.67. The average molecular weight is 279 g/mol.